The Balaban J connectivity index is 4.22. The third-order valence-electron chi connectivity index (χ3n) is 0.803. The lowest BCUT2D eigenvalue weighted by Crippen LogP contribution is -1.84. The number of thiol groups is 1. The van der Waals surface area contributed by atoms with Crippen molar-refractivity contribution in [3.63, 3.8) is 0 Å². The predicted molar refractivity (Wildman–Crippen MR) is 50.7 cm³/mol. The highest BCUT2D eigenvalue weighted by Gasteiger charge is 1.84. The van der Waals surface area contributed by atoms with E-state index in [0.29, 0.717) is 5.03 Å². The van der Waals surface area contributed by atoms with E-state index in [1.165, 1.54) is 5.57 Å². The summed E-state index contributed by atoms with van der Waals surface area (Å²) in [5.74, 6) is 0. The molecule has 10 heavy (non-hydrogen) atoms. The van der Waals surface area contributed by atoms with Gasteiger partial charge in [-0.2, -0.15) is 0 Å². The minimum atomic E-state index is 0.551. The van der Waals surface area contributed by atoms with Crippen LogP contribution in [-0.2, 0) is 0 Å². The monoisotopic (exact) mass is 155 g/mol. The Kier molecular flexibility index (Phi) is 4.12. The van der Waals surface area contributed by atoms with Crippen LogP contribution in [0.25, 0.3) is 0 Å². The van der Waals surface area contributed by atoms with E-state index < -0.39 is 0 Å². The number of hydrogen-bond donors (Lipinski definition) is 1. The molecule has 0 fully saturated rings. The SMILES string of the molecule is C=C(S)/N=C(/C)C=C(C)C. The Morgan fingerprint density at radius 2 is 1.90 bits per heavy atom. The van der Waals surface area contributed by atoms with Crippen LogP contribution in [0.4, 0.5) is 0 Å². The molecule has 56 valence electrons. The van der Waals surface area contributed by atoms with Crippen molar-refractivity contribution < 1.29 is 0 Å². The number of hydrogen-bond acceptors (Lipinski definition) is 2. The maximum atomic E-state index is 4.03. The summed E-state index contributed by atoms with van der Waals surface area (Å²) in [7, 11) is 0. The van der Waals surface area contributed by atoms with Gasteiger partial charge in [-0.1, -0.05) is 12.2 Å². The maximum absolute atomic E-state index is 4.03. The Bertz CT molecular complexity index is 185. The Labute approximate surface area is 68.0 Å². The van der Waals surface area contributed by atoms with Crippen molar-refractivity contribution in [1.29, 1.82) is 0 Å². The molecular formula is C8H13NS. The van der Waals surface area contributed by atoms with Crippen LogP contribution in [0.5, 0.6) is 0 Å². The normalized spacial score (nSPS) is 11.0. The first-order valence-electron chi connectivity index (χ1n) is 3.10. The van der Waals surface area contributed by atoms with Gasteiger partial charge in [0.25, 0.3) is 0 Å². The molecule has 0 atom stereocenters. The Morgan fingerprint density at radius 3 is 2.20 bits per heavy atom. The van der Waals surface area contributed by atoms with Crippen molar-refractivity contribution in [1.82, 2.24) is 0 Å². The van der Waals surface area contributed by atoms with Crippen LogP contribution >= 0.6 is 12.6 Å². The highest BCUT2D eigenvalue weighted by Crippen LogP contribution is 1.99. The molecule has 0 amide bonds. The zero-order valence-corrected chi connectivity index (χ0v) is 7.57. The Morgan fingerprint density at radius 1 is 1.40 bits per heavy atom. The maximum Gasteiger partial charge on any atom is 0.0860 e. The molecular weight excluding hydrogens is 142 g/mol. The van der Waals surface area contributed by atoms with Crippen LogP contribution in [-0.4, -0.2) is 5.71 Å². The molecule has 0 aliphatic rings. The number of nitrogens with zero attached hydrogens (tertiary/aromatic N) is 1. The fraction of sp³-hybridized carbons (Fsp3) is 0.375. The van der Waals surface area contributed by atoms with E-state index in [2.05, 4.69) is 24.2 Å². The van der Waals surface area contributed by atoms with Crippen LogP contribution < -0.4 is 0 Å². The third kappa shape index (κ3) is 5.63. The minimum Gasteiger partial charge on any atom is -0.248 e. The lowest BCUT2D eigenvalue weighted by Gasteiger charge is -1.91. The zero-order chi connectivity index (χ0) is 8.15. The van der Waals surface area contributed by atoms with Crippen LogP contribution in [0, 0.1) is 0 Å². The summed E-state index contributed by atoms with van der Waals surface area (Å²) in [5, 5.41) is 0.551. The predicted octanol–water partition coefficient (Wildman–Crippen LogP) is 2.81. The van der Waals surface area contributed by atoms with E-state index in [4.69, 9.17) is 0 Å². The molecule has 0 aromatic heterocycles. The fourth-order valence-corrected chi connectivity index (χ4v) is 0.811. The Hall–Kier alpha value is -0.500. The lowest BCUT2D eigenvalue weighted by molar-refractivity contribution is 1.39. The van der Waals surface area contributed by atoms with Crippen molar-refractivity contribution in [3.8, 4) is 0 Å². The fourth-order valence-electron chi connectivity index (χ4n) is 0.654. The van der Waals surface area contributed by atoms with Gasteiger partial charge in [-0.25, -0.2) is 4.99 Å². The van der Waals surface area contributed by atoms with Gasteiger partial charge in [-0.15, -0.1) is 12.6 Å². The molecule has 1 nitrogen and oxygen atoms in total. The molecule has 2 heteroatoms. The van der Waals surface area contributed by atoms with E-state index in [9.17, 15) is 0 Å². The van der Waals surface area contributed by atoms with E-state index in [1.54, 1.807) is 0 Å². The second-order valence-electron chi connectivity index (χ2n) is 2.39. The van der Waals surface area contributed by atoms with Gasteiger partial charge < -0.3 is 0 Å². The van der Waals surface area contributed by atoms with Crippen molar-refractivity contribution in [2.45, 2.75) is 20.8 Å². The summed E-state index contributed by atoms with van der Waals surface area (Å²) >= 11 is 3.95. The van der Waals surface area contributed by atoms with Crippen molar-refractivity contribution in [2.24, 2.45) is 4.99 Å². The van der Waals surface area contributed by atoms with Gasteiger partial charge in [0.05, 0.1) is 5.03 Å². The van der Waals surface area contributed by atoms with E-state index in [0.717, 1.165) is 5.71 Å². The van der Waals surface area contributed by atoms with Crippen LogP contribution in [0.15, 0.2) is 28.2 Å². The van der Waals surface area contributed by atoms with Gasteiger partial charge in [0, 0.05) is 5.71 Å². The summed E-state index contributed by atoms with van der Waals surface area (Å²) in [5.41, 5.74) is 2.18. The second kappa shape index (κ2) is 4.34. The zero-order valence-electron chi connectivity index (χ0n) is 6.68. The summed E-state index contributed by atoms with van der Waals surface area (Å²) < 4.78 is 0. The molecule has 0 spiro atoms. The van der Waals surface area contributed by atoms with Crippen LogP contribution in [0.3, 0.4) is 0 Å². The van der Waals surface area contributed by atoms with Gasteiger partial charge in [-0.3, -0.25) is 0 Å². The van der Waals surface area contributed by atoms with E-state index in [1.807, 2.05) is 26.8 Å². The van der Waals surface area contributed by atoms with E-state index >= 15 is 0 Å². The largest absolute Gasteiger partial charge is 0.248 e. The lowest BCUT2D eigenvalue weighted by atomic mass is 10.2. The molecule has 0 saturated heterocycles. The summed E-state index contributed by atoms with van der Waals surface area (Å²) in [4.78, 5) is 4.03. The molecule has 0 saturated carbocycles. The first-order chi connectivity index (χ1) is 4.52. The third-order valence-corrected chi connectivity index (χ3v) is 0.903. The molecule has 0 aliphatic carbocycles. The van der Waals surface area contributed by atoms with Crippen LogP contribution in [0.2, 0.25) is 0 Å². The van der Waals surface area contributed by atoms with Gasteiger partial charge in [-0.05, 0) is 26.8 Å². The van der Waals surface area contributed by atoms with Crippen molar-refractivity contribution >= 4 is 18.3 Å². The first kappa shape index (κ1) is 9.50. The summed E-state index contributed by atoms with van der Waals surface area (Å²) in [6.45, 7) is 9.53. The topological polar surface area (TPSA) is 12.4 Å². The molecule has 0 rings (SSSR count). The smallest absolute Gasteiger partial charge is 0.0860 e. The van der Waals surface area contributed by atoms with Crippen molar-refractivity contribution in [2.75, 3.05) is 0 Å². The summed E-state index contributed by atoms with van der Waals surface area (Å²) in [6.07, 6.45) is 1.99. The molecule has 0 bridgehead atoms. The second-order valence-corrected chi connectivity index (χ2v) is 2.91. The quantitative estimate of drug-likeness (QED) is 0.465. The van der Waals surface area contributed by atoms with E-state index in [-0.39, 0.29) is 0 Å². The molecule has 0 aromatic carbocycles. The minimum absolute atomic E-state index is 0.551. The van der Waals surface area contributed by atoms with Gasteiger partial charge in [0.1, 0.15) is 0 Å². The number of rotatable bonds is 2. The highest BCUT2D eigenvalue weighted by atomic mass is 32.1. The average molecular weight is 155 g/mol. The molecule has 0 heterocycles. The molecule has 0 aliphatic heterocycles. The van der Waals surface area contributed by atoms with Gasteiger partial charge in [0.15, 0.2) is 0 Å². The first-order valence-corrected chi connectivity index (χ1v) is 3.55. The van der Waals surface area contributed by atoms with Crippen molar-refractivity contribution in [3.05, 3.63) is 23.3 Å². The average Bonchev–Trinajstić information content (AvgIpc) is 1.58. The number of aliphatic imine (C=N–C) groups is 1. The number of allylic oxidation sites excluding steroid dienone is 2. The van der Waals surface area contributed by atoms with Gasteiger partial charge >= 0.3 is 0 Å². The molecule has 0 radical (unpaired) electrons. The van der Waals surface area contributed by atoms with Gasteiger partial charge in [0.2, 0.25) is 0 Å². The van der Waals surface area contributed by atoms with Crippen LogP contribution in [0.1, 0.15) is 20.8 Å². The molecule has 0 unspecified atom stereocenters. The molecule has 0 aromatic rings. The molecule has 0 N–H and O–H groups in total. The standard InChI is InChI=1S/C8H13NS/c1-6(2)5-7(3)9-8(4)10/h5,10H,4H2,1-3H3/b9-7-. The summed E-state index contributed by atoms with van der Waals surface area (Å²) in [6, 6.07) is 0. The highest BCUT2D eigenvalue weighted by molar-refractivity contribution is 7.84.